The van der Waals surface area contributed by atoms with Gasteiger partial charge in [0.1, 0.15) is 17.9 Å². The molecule has 1 N–H and O–H groups in total. The van der Waals surface area contributed by atoms with Crippen molar-refractivity contribution >= 4 is 28.6 Å². The molecule has 2 unspecified atom stereocenters. The van der Waals surface area contributed by atoms with Crippen LogP contribution in [0.2, 0.25) is 0 Å². The summed E-state index contributed by atoms with van der Waals surface area (Å²) in [5.41, 5.74) is 4.89. The van der Waals surface area contributed by atoms with Crippen LogP contribution in [0.15, 0.2) is 48.7 Å². The summed E-state index contributed by atoms with van der Waals surface area (Å²) in [6.45, 7) is 5.07. The molecular weight excluding hydrogens is 456 g/mol. The van der Waals surface area contributed by atoms with E-state index in [1.807, 2.05) is 18.3 Å². The van der Waals surface area contributed by atoms with E-state index in [0.717, 1.165) is 48.4 Å². The highest BCUT2D eigenvalue weighted by atomic mass is 16.5. The van der Waals surface area contributed by atoms with Crippen LogP contribution in [-0.2, 0) is 22.7 Å². The lowest BCUT2D eigenvalue weighted by Gasteiger charge is -2.29. The van der Waals surface area contributed by atoms with Crippen molar-refractivity contribution in [2.24, 2.45) is 0 Å². The zero-order valence-electron chi connectivity index (χ0n) is 20.2. The van der Waals surface area contributed by atoms with E-state index < -0.39 is 11.9 Å². The number of nitrogens with zero attached hydrogens (tertiary/aromatic N) is 3. The lowest BCUT2D eigenvalue weighted by Crippen LogP contribution is -2.52. The number of ether oxygens (including phenoxy) is 1. The second kappa shape index (κ2) is 9.02. The molecule has 0 spiro atoms. The first-order valence-electron chi connectivity index (χ1n) is 12.4. The number of aryl methyl sites for hydroxylation is 1. The number of benzene rings is 2. The summed E-state index contributed by atoms with van der Waals surface area (Å²) in [6.07, 6.45) is 3.52. The van der Waals surface area contributed by atoms with E-state index in [1.165, 1.54) is 10.9 Å². The molecule has 8 nitrogen and oxygen atoms in total. The maximum atomic E-state index is 12.9. The molecule has 3 aliphatic rings. The van der Waals surface area contributed by atoms with Crippen molar-refractivity contribution < 1.29 is 19.1 Å². The molecular formula is C28H28N4O4. The fourth-order valence-electron chi connectivity index (χ4n) is 5.50. The molecule has 2 fully saturated rings. The largest absolute Gasteiger partial charge is 0.489 e. The lowest BCUT2D eigenvalue weighted by atomic mass is 10.0. The van der Waals surface area contributed by atoms with Crippen molar-refractivity contribution in [2.45, 2.75) is 51.4 Å². The Labute approximate surface area is 209 Å². The van der Waals surface area contributed by atoms with E-state index in [-0.39, 0.29) is 24.3 Å². The molecule has 2 aromatic carbocycles. The summed E-state index contributed by atoms with van der Waals surface area (Å²) in [5, 5.41) is 3.51. The standard InChI is InChI=1S/C28H28N4O4/c1-17-10-19-11-18(2-5-24(19)29-13-17)14-31-9-8-22(16-31)36-21-3-4-23-20(12-21)15-32(28(23)35)25-6-7-26(33)30-27(25)34/h2-5,10-13,22,25H,6-9,14-16H2,1H3,(H,30,33,34). The molecule has 0 radical (unpaired) electrons. The van der Waals surface area contributed by atoms with Crippen LogP contribution in [0.4, 0.5) is 0 Å². The van der Waals surface area contributed by atoms with Gasteiger partial charge in [-0.25, -0.2) is 0 Å². The summed E-state index contributed by atoms with van der Waals surface area (Å²) in [6, 6.07) is 13.5. The van der Waals surface area contributed by atoms with Crippen molar-refractivity contribution in [1.82, 2.24) is 20.1 Å². The zero-order chi connectivity index (χ0) is 24.8. The quantitative estimate of drug-likeness (QED) is 0.560. The average molecular weight is 485 g/mol. The Kier molecular flexibility index (Phi) is 5.68. The van der Waals surface area contributed by atoms with Gasteiger partial charge in [0.2, 0.25) is 11.8 Å². The second-order valence-electron chi connectivity index (χ2n) is 10.0. The van der Waals surface area contributed by atoms with Gasteiger partial charge in [0.25, 0.3) is 5.91 Å². The van der Waals surface area contributed by atoms with Gasteiger partial charge in [-0.3, -0.25) is 29.6 Å². The first kappa shape index (κ1) is 22.7. The van der Waals surface area contributed by atoms with Crippen LogP contribution in [0, 0.1) is 6.92 Å². The molecule has 0 bridgehead atoms. The number of carbonyl (C=O) groups is 3. The number of rotatable bonds is 5. The topological polar surface area (TPSA) is 91.8 Å². The molecule has 1 aromatic heterocycles. The van der Waals surface area contributed by atoms with Crippen LogP contribution in [0.1, 0.15) is 46.3 Å². The second-order valence-corrected chi connectivity index (χ2v) is 10.0. The van der Waals surface area contributed by atoms with Gasteiger partial charge in [0.15, 0.2) is 0 Å². The monoisotopic (exact) mass is 484 g/mol. The lowest BCUT2D eigenvalue weighted by molar-refractivity contribution is -0.136. The van der Waals surface area contributed by atoms with Gasteiger partial charge < -0.3 is 9.64 Å². The number of imide groups is 1. The molecule has 6 rings (SSSR count). The number of carbonyl (C=O) groups excluding carboxylic acids is 3. The number of hydrogen-bond donors (Lipinski definition) is 1. The molecule has 2 saturated heterocycles. The third kappa shape index (κ3) is 4.33. The Balaban J connectivity index is 1.08. The van der Waals surface area contributed by atoms with Crippen molar-refractivity contribution in [1.29, 1.82) is 0 Å². The average Bonchev–Trinajstić information content (AvgIpc) is 3.42. The number of piperidine rings is 1. The first-order valence-corrected chi connectivity index (χ1v) is 12.4. The summed E-state index contributed by atoms with van der Waals surface area (Å²) in [4.78, 5) is 45.1. The predicted molar refractivity (Wildman–Crippen MR) is 133 cm³/mol. The third-order valence-electron chi connectivity index (χ3n) is 7.32. The Morgan fingerprint density at radius 3 is 2.83 bits per heavy atom. The fraction of sp³-hybridized carbons (Fsp3) is 0.357. The summed E-state index contributed by atoms with van der Waals surface area (Å²) < 4.78 is 6.30. The maximum absolute atomic E-state index is 12.9. The molecule has 0 saturated carbocycles. The number of fused-ring (bicyclic) bond motifs is 2. The molecule has 36 heavy (non-hydrogen) atoms. The Morgan fingerprint density at radius 1 is 1.08 bits per heavy atom. The maximum Gasteiger partial charge on any atom is 0.255 e. The van der Waals surface area contributed by atoms with Gasteiger partial charge in [-0.15, -0.1) is 0 Å². The SMILES string of the molecule is Cc1cnc2ccc(CN3CCC(Oc4ccc5c(c4)CN(C4CCC(=O)NC4=O)C5=O)C3)cc2c1. The van der Waals surface area contributed by atoms with Crippen LogP contribution in [0.3, 0.4) is 0 Å². The molecule has 0 aliphatic carbocycles. The minimum atomic E-state index is -0.606. The van der Waals surface area contributed by atoms with Gasteiger partial charge in [0, 0.05) is 49.7 Å². The van der Waals surface area contributed by atoms with Gasteiger partial charge in [-0.05, 0) is 72.9 Å². The molecule has 2 atom stereocenters. The number of likely N-dealkylation sites (tertiary alicyclic amines) is 1. The summed E-state index contributed by atoms with van der Waals surface area (Å²) in [5.74, 6) is -0.105. The molecule has 3 aromatic rings. The molecule has 3 aliphatic heterocycles. The van der Waals surface area contributed by atoms with Gasteiger partial charge in [-0.2, -0.15) is 0 Å². The van der Waals surface area contributed by atoms with Crippen LogP contribution in [0.25, 0.3) is 10.9 Å². The van der Waals surface area contributed by atoms with Crippen molar-refractivity contribution in [3.63, 3.8) is 0 Å². The van der Waals surface area contributed by atoms with Crippen molar-refractivity contribution in [3.8, 4) is 5.75 Å². The molecule has 184 valence electrons. The molecule has 8 heteroatoms. The van der Waals surface area contributed by atoms with E-state index in [0.29, 0.717) is 18.5 Å². The minimum Gasteiger partial charge on any atom is -0.489 e. The summed E-state index contributed by atoms with van der Waals surface area (Å²) in [7, 11) is 0. The van der Waals surface area contributed by atoms with E-state index >= 15 is 0 Å². The molecule has 4 heterocycles. The number of aromatic nitrogens is 1. The van der Waals surface area contributed by atoms with E-state index in [4.69, 9.17) is 4.74 Å². The number of nitrogens with one attached hydrogen (secondary N) is 1. The fourth-order valence-corrected chi connectivity index (χ4v) is 5.50. The highest BCUT2D eigenvalue weighted by Gasteiger charge is 2.39. The van der Waals surface area contributed by atoms with E-state index in [2.05, 4.69) is 46.4 Å². The normalized spacial score (nSPS) is 22.2. The molecule has 3 amide bonds. The highest BCUT2D eigenvalue weighted by Crippen LogP contribution is 2.31. The Morgan fingerprint density at radius 2 is 1.97 bits per heavy atom. The predicted octanol–water partition coefficient (Wildman–Crippen LogP) is 2.96. The number of pyridine rings is 1. The van der Waals surface area contributed by atoms with E-state index in [1.54, 1.807) is 11.0 Å². The number of amides is 3. The van der Waals surface area contributed by atoms with E-state index in [9.17, 15) is 14.4 Å². The first-order chi connectivity index (χ1) is 17.4. The highest BCUT2D eigenvalue weighted by molar-refractivity contribution is 6.05. The Hall–Kier alpha value is -3.78. The summed E-state index contributed by atoms with van der Waals surface area (Å²) >= 11 is 0. The third-order valence-corrected chi connectivity index (χ3v) is 7.32. The van der Waals surface area contributed by atoms with Crippen molar-refractivity contribution in [3.05, 3.63) is 70.9 Å². The van der Waals surface area contributed by atoms with Gasteiger partial charge in [0.05, 0.1) is 5.52 Å². The Bertz CT molecular complexity index is 1390. The van der Waals surface area contributed by atoms with Crippen LogP contribution in [0.5, 0.6) is 5.75 Å². The van der Waals surface area contributed by atoms with Gasteiger partial charge >= 0.3 is 0 Å². The van der Waals surface area contributed by atoms with Gasteiger partial charge in [-0.1, -0.05) is 6.07 Å². The van der Waals surface area contributed by atoms with Crippen LogP contribution in [-0.4, -0.2) is 57.7 Å². The van der Waals surface area contributed by atoms with Crippen molar-refractivity contribution in [2.75, 3.05) is 13.1 Å². The minimum absolute atomic E-state index is 0.0794. The zero-order valence-corrected chi connectivity index (χ0v) is 20.2. The smallest absolute Gasteiger partial charge is 0.255 e. The van der Waals surface area contributed by atoms with Crippen LogP contribution < -0.4 is 10.1 Å². The number of hydrogen-bond acceptors (Lipinski definition) is 6. The van der Waals surface area contributed by atoms with Crippen LogP contribution >= 0.6 is 0 Å².